The molecule has 0 aliphatic carbocycles. The van der Waals surface area contributed by atoms with E-state index < -0.39 is 0 Å². The van der Waals surface area contributed by atoms with Gasteiger partial charge in [0.2, 0.25) is 5.56 Å². The van der Waals surface area contributed by atoms with Crippen molar-refractivity contribution >= 4 is 16.7 Å². The lowest BCUT2D eigenvalue weighted by Gasteiger charge is -2.26. The summed E-state index contributed by atoms with van der Waals surface area (Å²) < 4.78 is 0. The van der Waals surface area contributed by atoms with E-state index in [9.17, 15) is 4.79 Å². The standard InChI is InChI=1S/C16H22N4O/c1-16(2,3)19-12-6-7-20(10-12)14-8-11-4-5-15(21)18-13(11)9-17-14/h4-5,8-9,12,19H,6-7,10H2,1-3H3,(H,18,21). The average Bonchev–Trinajstić information content (AvgIpc) is 2.84. The Morgan fingerprint density at radius 1 is 1.38 bits per heavy atom. The number of nitrogens with one attached hydrogen (secondary N) is 2. The molecule has 1 saturated heterocycles. The average molecular weight is 286 g/mol. The van der Waals surface area contributed by atoms with Crippen molar-refractivity contribution in [3.8, 4) is 0 Å². The van der Waals surface area contributed by atoms with E-state index in [0.717, 1.165) is 36.2 Å². The van der Waals surface area contributed by atoms with E-state index in [2.05, 4.69) is 41.0 Å². The number of aromatic amines is 1. The molecule has 2 N–H and O–H groups in total. The van der Waals surface area contributed by atoms with Gasteiger partial charge >= 0.3 is 0 Å². The molecule has 3 rings (SSSR count). The highest BCUT2D eigenvalue weighted by Gasteiger charge is 2.26. The van der Waals surface area contributed by atoms with Crippen molar-refractivity contribution in [2.75, 3.05) is 18.0 Å². The first kappa shape index (κ1) is 14.1. The summed E-state index contributed by atoms with van der Waals surface area (Å²) >= 11 is 0. The zero-order valence-corrected chi connectivity index (χ0v) is 12.8. The van der Waals surface area contributed by atoms with Crippen molar-refractivity contribution in [1.82, 2.24) is 15.3 Å². The lowest BCUT2D eigenvalue weighted by molar-refractivity contribution is 0.373. The number of H-pyrrole nitrogens is 1. The topological polar surface area (TPSA) is 61.0 Å². The molecule has 1 aliphatic heterocycles. The third-order valence-corrected chi connectivity index (χ3v) is 3.74. The van der Waals surface area contributed by atoms with Crippen molar-refractivity contribution < 1.29 is 0 Å². The van der Waals surface area contributed by atoms with E-state index in [1.54, 1.807) is 12.3 Å². The molecule has 0 saturated carbocycles. The first-order valence-electron chi connectivity index (χ1n) is 7.42. The minimum absolute atomic E-state index is 0.0901. The quantitative estimate of drug-likeness (QED) is 0.885. The molecule has 21 heavy (non-hydrogen) atoms. The maximum Gasteiger partial charge on any atom is 0.248 e. The smallest absolute Gasteiger partial charge is 0.248 e. The van der Waals surface area contributed by atoms with Crippen LogP contribution in [0.4, 0.5) is 5.82 Å². The molecule has 2 aromatic heterocycles. The van der Waals surface area contributed by atoms with Gasteiger partial charge < -0.3 is 15.2 Å². The van der Waals surface area contributed by atoms with Crippen molar-refractivity contribution in [1.29, 1.82) is 0 Å². The van der Waals surface area contributed by atoms with Gasteiger partial charge in [-0.3, -0.25) is 4.79 Å². The Balaban J connectivity index is 1.79. The number of hydrogen-bond donors (Lipinski definition) is 2. The predicted octanol–water partition coefficient (Wildman–Crippen LogP) is 1.89. The van der Waals surface area contributed by atoms with Gasteiger partial charge in [0, 0.05) is 36.1 Å². The first-order chi connectivity index (χ1) is 9.90. The summed E-state index contributed by atoms with van der Waals surface area (Å²) in [5.74, 6) is 0.979. The number of hydrogen-bond acceptors (Lipinski definition) is 4. The van der Waals surface area contributed by atoms with E-state index in [-0.39, 0.29) is 11.1 Å². The molecule has 112 valence electrons. The van der Waals surface area contributed by atoms with Crippen molar-refractivity contribution in [3.63, 3.8) is 0 Å². The molecular formula is C16H22N4O. The highest BCUT2D eigenvalue weighted by Crippen LogP contribution is 2.22. The summed E-state index contributed by atoms with van der Waals surface area (Å²) in [4.78, 5) is 20.9. The van der Waals surface area contributed by atoms with E-state index in [0.29, 0.717) is 6.04 Å². The van der Waals surface area contributed by atoms with Gasteiger partial charge in [0.05, 0.1) is 11.7 Å². The Kier molecular flexibility index (Phi) is 3.45. The number of rotatable bonds is 2. The number of aromatic nitrogens is 2. The van der Waals surface area contributed by atoms with Crippen molar-refractivity contribution in [3.05, 3.63) is 34.7 Å². The Morgan fingerprint density at radius 2 is 2.19 bits per heavy atom. The molecule has 0 bridgehead atoms. The van der Waals surface area contributed by atoms with Gasteiger partial charge in [-0.15, -0.1) is 0 Å². The predicted molar refractivity (Wildman–Crippen MR) is 85.9 cm³/mol. The molecule has 1 unspecified atom stereocenters. The van der Waals surface area contributed by atoms with E-state index in [1.165, 1.54) is 0 Å². The van der Waals surface area contributed by atoms with Crippen LogP contribution in [-0.4, -0.2) is 34.6 Å². The normalized spacial score (nSPS) is 19.4. The number of fused-ring (bicyclic) bond motifs is 1. The monoisotopic (exact) mass is 286 g/mol. The molecule has 0 spiro atoms. The van der Waals surface area contributed by atoms with Crippen LogP contribution in [0, 0.1) is 0 Å². The maximum atomic E-state index is 11.3. The fraction of sp³-hybridized carbons (Fsp3) is 0.500. The molecule has 5 nitrogen and oxygen atoms in total. The highest BCUT2D eigenvalue weighted by atomic mass is 16.1. The van der Waals surface area contributed by atoms with Gasteiger partial charge in [-0.25, -0.2) is 4.98 Å². The van der Waals surface area contributed by atoms with Crippen molar-refractivity contribution in [2.45, 2.75) is 38.8 Å². The lowest BCUT2D eigenvalue weighted by atomic mass is 10.1. The number of anilines is 1. The Labute approximate surface area is 124 Å². The van der Waals surface area contributed by atoms with Gasteiger partial charge in [0.15, 0.2) is 0 Å². The van der Waals surface area contributed by atoms with E-state index in [1.807, 2.05) is 12.1 Å². The van der Waals surface area contributed by atoms with Crippen LogP contribution >= 0.6 is 0 Å². The summed E-state index contributed by atoms with van der Waals surface area (Å²) in [6, 6.07) is 5.95. The molecule has 2 aromatic rings. The molecular weight excluding hydrogens is 264 g/mol. The van der Waals surface area contributed by atoms with Gasteiger partial charge in [-0.2, -0.15) is 0 Å². The van der Waals surface area contributed by atoms with Gasteiger partial charge in [0.25, 0.3) is 0 Å². The van der Waals surface area contributed by atoms with Crippen LogP contribution in [0.15, 0.2) is 29.2 Å². The molecule has 0 amide bonds. The Bertz CT molecular complexity index is 701. The number of nitrogens with zero attached hydrogens (tertiary/aromatic N) is 2. The summed E-state index contributed by atoms with van der Waals surface area (Å²) in [5.41, 5.74) is 0.833. The summed E-state index contributed by atoms with van der Waals surface area (Å²) in [6.07, 6.45) is 2.87. The second-order valence-corrected chi connectivity index (χ2v) is 6.78. The van der Waals surface area contributed by atoms with Crippen molar-refractivity contribution in [2.24, 2.45) is 0 Å². The molecule has 0 aromatic carbocycles. The van der Waals surface area contributed by atoms with Crippen LogP contribution in [0.2, 0.25) is 0 Å². The second-order valence-electron chi connectivity index (χ2n) is 6.78. The Morgan fingerprint density at radius 3 is 2.95 bits per heavy atom. The van der Waals surface area contributed by atoms with Crippen LogP contribution in [0.3, 0.4) is 0 Å². The minimum Gasteiger partial charge on any atom is -0.355 e. The minimum atomic E-state index is -0.0901. The van der Waals surface area contributed by atoms with E-state index >= 15 is 0 Å². The molecule has 1 fully saturated rings. The van der Waals surface area contributed by atoms with E-state index in [4.69, 9.17) is 0 Å². The van der Waals surface area contributed by atoms with Gasteiger partial charge in [-0.05, 0) is 39.3 Å². The first-order valence-corrected chi connectivity index (χ1v) is 7.42. The maximum absolute atomic E-state index is 11.3. The molecule has 3 heterocycles. The SMILES string of the molecule is CC(C)(C)NC1CCN(c2cc3ccc(=O)[nH]c3cn2)C1. The summed E-state index contributed by atoms with van der Waals surface area (Å²) in [7, 11) is 0. The van der Waals surface area contributed by atoms with Gasteiger partial charge in [0.1, 0.15) is 5.82 Å². The molecule has 0 radical (unpaired) electrons. The third kappa shape index (κ3) is 3.24. The van der Waals surface area contributed by atoms with Crippen LogP contribution in [0.25, 0.3) is 10.9 Å². The van der Waals surface area contributed by atoms with Crippen LogP contribution in [0.1, 0.15) is 27.2 Å². The lowest BCUT2D eigenvalue weighted by Crippen LogP contribution is -2.44. The zero-order valence-electron chi connectivity index (χ0n) is 12.8. The molecule has 5 heteroatoms. The Hall–Kier alpha value is -1.88. The van der Waals surface area contributed by atoms with Crippen LogP contribution in [0.5, 0.6) is 0 Å². The second kappa shape index (κ2) is 5.15. The molecule has 1 atom stereocenters. The fourth-order valence-corrected chi connectivity index (χ4v) is 2.91. The zero-order chi connectivity index (χ0) is 15.0. The third-order valence-electron chi connectivity index (χ3n) is 3.74. The largest absolute Gasteiger partial charge is 0.355 e. The van der Waals surface area contributed by atoms with Crippen LogP contribution in [-0.2, 0) is 0 Å². The van der Waals surface area contributed by atoms with Crippen LogP contribution < -0.4 is 15.8 Å². The highest BCUT2D eigenvalue weighted by molar-refractivity contribution is 5.80. The number of pyridine rings is 2. The molecule has 1 aliphatic rings. The summed E-state index contributed by atoms with van der Waals surface area (Å²) in [5, 5.41) is 4.67. The van der Waals surface area contributed by atoms with Gasteiger partial charge in [-0.1, -0.05) is 0 Å². The summed E-state index contributed by atoms with van der Waals surface area (Å²) in [6.45, 7) is 8.57. The fourth-order valence-electron chi connectivity index (χ4n) is 2.91.